The summed E-state index contributed by atoms with van der Waals surface area (Å²) in [5.74, 6) is 3.91. The molecule has 2 fully saturated rings. The van der Waals surface area contributed by atoms with Crippen LogP contribution in [-0.2, 0) is 4.79 Å². The van der Waals surface area contributed by atoms with E-state index in [1.807, 2.05) is 0 Å². The minimum Gasteiger partial charge on any atom is -0.354 e. The van der Waals surface area contributed by atoms with Crippen molar-refractivity contribution < 1.29 is 13.6 Å². The third-order valence-electron chi connectivity index (χ3n) is 4.17. The van der Waals surface area contributed by atoms with E-state index in [-0.39, 0.29) is 29.5 Å². The van der Waals surface area contributed by atoms with Crippen molar-refractivity contribution in [3.05, 3.63) is 17.7 Å². The number of carbonyl (C=O) groups excluding carboxylic acids is 1. The number of aromatic nitrogens is 1. The Hall–Kier alpha value is -1.96. The highest BCUT2D eigenvalue weighted by molar-refractivity contribution is 5.77. The number of piperidine rings is 2. The molecule has 2 aliphatic heterocycles. The molecule has 0 aliphatic carbocycles. The number of fused-ring (bicyclic) bond motifs is 1. The second kappa shape index (κ2) is 5.44. The van der Waals surface area contributed by atoms with Crippen molar-refractivity contribution >= 4 is 17.5 Å². The van der Waals surface area contributed by atoms with Crippen LogP contribution in [0.2, 0.25) is 0 Å². The molecule has 21 heavy (non-hydrogen) atoms. The number of carbonyl (C=O) groups is 1. The summed E-state index contributed by atoms with van der Waals surface area (Å²) in [5.41, 5.74) is 2.13. The summed E-state index contributed by atoms with van der Waals surface area (Å²) in [6.07, 6.45) is 1.99. The largest absolute Gasteiger partial charge is 0.354 e. The van der Waals surface area contributed by atoms with Crippen LogP contribution in [0.3, 0.4) is 0 Å². The second-order valence-corrected chi connectivity index (χ2v) is 5.48. The quantitative estimate of drug-likeness (QED) is 0.554. The van der Waals surface area contributed by atoms with E-state index in [1.165, 1.54) is 0 Å². The van der Waals surface area contributed by atoms with E-state index in [1.54, 1.807) is 4.90 Å². The van der Waals surface area contributed by atoms with E-state index in [2.05, 4.69) is 15.7 Å². The molecular weight excluding hydrogens is 280 g/mol. The molecule has 2 unspecified atom stereocenters. The smallest absolute Gasteiger partial charge is 0.220 e. The van der Waals surface area contributed by atoms with Gasteiger partial charge in [0.25, 0.3) is 0 Å². The van der Waals surface area contributed by atoms with Crippen molar-refractivity contribution in [3.63, 3.8) is 0 Å². The van der Waals surface area contributed by atoms with Crippen LogP contribution >= 0.6 is 0 Å². The molecule has 0 bridgehead atoms. The number of amides is 1. The van der Waals surface area contributed by atoms with E-state index >= 15 is 0 Å². The van der Waals surface area contributed by atoms with E-state index in [4.69, 9.17) is 5.84 Å². The van der Waals surface area contributed by atoms with E-state index in [0.29, 0.717) is 19.5 Å². The maximum Gasteiger partial charge on any atom is 0.220 e. The lowest BCUT2D eigenvalue weighted by atomic mass is 9.85. The van der Waals surface area contributed by atoms with Gasteiger partial charge in [0.1, 0.15) is 0 Å². The molecule has 1 aromatic heterocycles. The molecular formula is C13H17F2N5O. The van der Waals surface area contributed by atoms with Crippen LogP contribution in [0.5, 0.6) is 0 Å². The lowest BCUT2D eigenvalue weighted by molar-refractivity contribution is -0.124. The van der Waals surface area contributed by atoms with Crippen LogP contribution in [0.4, 0.5) is 20.4 Å². The summed E-state index contributed by atoms with van der Waals surface area (Å²) < 4.78 is 27.4. The van der Waals surface area contributed by atoms with Gasteiger partial charge in [-0.05, 0) is 18.8 Å². The van der Waals surface area contributed by atoms with E-state index in [9.17, 15) is 13.6 Å². The van der Waals surface area contributed by atoms with Gasteiger partial charge >= 0.3 is 0 Å². The van der Waals surface area contributed by atoms with Gasteiger partial charge in [-0.2, -0.15) is 0 Å². The Kier molecular flexibility index (Phi) is 3.62. The molecule has 0 aromatic carbocycles. The van der Waals surface area contributed by atoms with Gasteiger partial charge in [-0.3, -0.25) is 4.79 Å². The Bertz CT molecular complexity index is 568. The highest BCUT2D eigenvalue weighted by atomic mass is 19.1. The zero-order chi connectivity index (χ0) is 15.0. The van der Waals surface area contributed by atoms with Gasteiger partial charge in [-0.15, -0.1) is 0 Å². The molecule has 4 N–H and O–H groups in total. The molecule has 6 nitrogen and oxygen atoms in total. The molecule has 1 amide bonds. The first-order chi connectivity index (χ1) is 10.1. The molecule has 3 rings (SSSR count). The van der Waals surface area contributed by atoms with Gasteiger partial charge in [0.15, 0.2) is 23.3 Å². The van der Waals surface area contributed by atoms with Crippen LogP contribution in [0.25, 0.3) is 0 Å². The Morgan fingerprint density at radius 1 is 1.38 bits per heavy atom. The van der Waals surface area contributed by atoms with Gasteiger partial charge in [-0.1, -0.05) is 0 Å². The predicted octanol–water partition coefficient (Wildman–Crippen LogP) is 0.750. The first kappa shape index (κ1) is 14.0. The van der Waals surface area contributed by atoms with Crippen molar-refractivity contribution in [1.29, 1.82) is 0 Å². The number of hydrogen-bond acceptors (Lipinski definition) is 5. The molecule has 8 heteroatoms. The summed E-state index contributed by atoms with van der Waals surface area (Å²) in [6, 6.07) is 0.921. The zero-order valence-corrected chi connectivity index (χ0v) is 11.4. The fourth-order valence-electron chi connectivity index (χ4n) is 3.08. The van der Waals surface area contributed by atoms with Gasteiger partial charge < -0.3 is 15.6 Å². The van der Waals surface area contributed by atoms with E-state index < -0.39 is 11.6 Å². The van der Waals surface area contributed by atoms with Crippen LogP contribution < -0.4 is 21.5 Å². The number of hydrazine groups is 1. The fraction of sp³-hybridized carbons (Fsp3) is 0.538. The molecule has 114 valence electrons. The van der Waals surface area contributed by atoms with Crippen molar-refractivity contribution in [2.45, 2.75) is 25.3 Å². The fourth-order valence-corrected chi connectivity index (χ4v) is 3.08. The van der Waals surface area contributed by atoms with E-state index in [0.717, 1.165) is 18.9 Å². The molecule has 2 atom stereocenters. The van der Waals surface area contributed by atoms with Gasteiger partial charge in [-0.25, -0.2) is 19.6 Å². The monoisotopic (exact) mass is 297 g/mol. The third kappa shape index (κ3) is 2.63. The van der Waals surface area contributed by atoms with Crippen LogP contribution in [0, 0.1) is 17.6 Å². The van der Waals surface area contributed by atoms with Gasteiger partial charge in [0, 0.05) is 31.6 Å². The minimum absolute atomic E-state index is 0.0744. The summed E-state index contributed by atoms with van der Waals surface area (Å²) in [6.45, 7) is 1.14. The zero-order valence-electron chi connectivity index (χ0n) is 11.4. The Morgan fingerprint density at radius 3 is 2.95 bits per heavy atom. The molecule has 0 radical (unpaired) electrons. The Labute approximate surface area is 120 Å². The number of nitrogens with one attached hydrogen (secondary N) is 2. The summed E-state index contributed by atoms with van der Waals surface area (Å²) in [7, 11) is 0. The first-order valence-electron chi connectivity index (χ1n) is 6.95. The summed E-state index contributed by atoms with van der Waals surface area (Å²) in [4.78, 5) is 17.1. The maximum atomic E-state index is 14.0. The highest BCUT2D eigenvalue weighted by Crippen LogP contribution is 2.30. The molecule has 1 aromatic rings. The lowest BCUT2D eigenvalue weighted by Crippen LogP contribution is -2.54. The van der Waals surface area contributed by atoms with Crippen molar-refractivity contribution in [3.8, 4) is 0 Å². The number of halogens is 2. The minimum atomic E-state index is -0.821. The Morgan fingerprint density at radius 2 is 2.19 bits per heavy atom. The molecule has 2 saturated heterocycles. The first-order valence-corrected chi connectivity index (χ1v) is 6.95. The standard InChI is InChI=1S/C13H17F2N5O/c14-8-5-9(15)13(18-12(8)19-16)20-4-3-10-7(6-20)1-2-11(21)17-10/h5,7,10H,1-4,6,16H2,(H,17,21)(H,18,19). The highest BCUT2D eigenvalue weighted by Gasteiger charge is 2.35. The molecule has 2 aliphatic rings. The number of pyridine rings is 1. The summed E-state index contributed by atoms with van der Waals surface area (Å²) >= 11 is 0. The summed E-state index contributed by atoms with van der Waals surface area (Å²) in [5, 5.41) is 2.96. The predicted molar refractivity (Wildman–Crippen MR) is 73.4 cm³/mol. The number of nitrogen functional groups attached to an aromatic ring is 1. The van der Waals surface area contributed by atoms with Crippen LogP contribution in [-0.4, -0.2) is 30.0 Å². The normalized spacial score (nSPS) is 25.3. The van der Waals surface area contributed by atoms with Crippen molar-refractivity contribution in [2.75, 3.05) is 23.4 Å². The van der Waals surface area contributed by atoms with Gasteiger partial charge in [0.2, 0.25) is 5.91 Å². The van der Waals surface area contributed by atoms with Crippen LogP contribution in [0.1, 0.15) is 19.3 Å². The SMILES string of the molecule is NNc1nc(N2CCC3NC(=O)CCC3C2)c(F)cc1F. The van der Waals surface area contributed by atoms with Crippen LogP contribution in [0.15, 0.2) is 6.07 Å². The number of nitrogens with zero attached hydrogens (tertiary/aromatic N) is 2. The van der Waals surface area contributed by atoms with Gasteiger partial charge in [0.05, 0.1) is 0 Å². The molecule has 0 spiro atoms. The number of hydrogen-bond donors (Lipinski definition) is 3. The van der Waals surface area contributed by atoms with Crippen molar-refractivity contribution in [1.82, 2.24) is 10.3 Å². The van der Waals surface area contributed by atoms with Crippen molar-refractivity contribution in [2.24, 2.45) is 11.8 Å². The number of rotatable bonds is 2. The average Bonchev–Trinajstić information content (AvgIpc) is 2.47. The lowest BCUT2D eigenvalue weighted by Gasteiger charge is -2.41. The third-order valence-corrected chi connectivity index (χ3v) is 4.17. The average molecular weight is 297 g/mol. The number of nitrogens with two attached hydrogens (primary N) is 1. The maximum absolute atomic E-state index is 14.0. The Balaban J connectivity index is 1.81. The molecule has 0 saturated carbocycles. The second-order valence-electron chi connectivity index (χ2n) is 5.48. The number of anilines is 2. The topological polar surface area (TPSA) is 83.3 Å². The molecule has 3 heterocycles.